The Balaban J connectivity index is 2.16. The number of carbonyl (C=O) groups excluding carboxylic acids is 1. The van der Waals surface area contributed by atoms with Crippen molar-refractivity contribution < 1.29 is 27.9 Å². The molecule has 24 heavy (non-hydrogen) atoms. The minimum absolute atomic E-state index is 0.0414. The molecule has 7 nitrogen and oxygen atoms in total. The van der Waals surface area contributed by atoms with Crippen LogP contribution in [-0.4, -0.2) is 39.3 Å². The first-order valence-corrected chi connectivity index (χ1v) is 6.97. The van der Waals surface area contributed by atoms with Crippen LogP contribution in [-0.2, 0) is 11.3 Å². The number of halogens is 3. The fraction of sp³-hybridized carbons (Fsp3) is 0.357. The molecule has 1 amide bonds. The number of rotatable bonds is 6. The van der Waals surface area contributed by atoms with Crippen LogP contribution in [0.25, 0.3) is 11.0 Å². The molecule has 3 N–H and O–H groups in total. The lowest BCUT2D eigenvalue weighted by atomic mass is 10.2. The molecule has 0 radical (unpaired) electrons. The van der Waals surface area contributed by atoms with E-state index in [0.29, 0.717) is 4.57 Å². The summed E-state index contributed by atoms with van der Waals surface area (Å²) >= 11 is 0. The molecule has 2 rings (SSSR count). The first kappa shape index (κ1) is 17.6. The predicted octanol–water partition coefficient (Wildman–Crippen LogP) is 1.49. The summed E-state index contributed by atoms with van der Waals surface area (Å²) in [5, 5.41) is 11.0. The number of hydrogen-bond acceptors (Lipinski definition) is 3. The van der Waals surface area contributed by atoms with E-state index >= 15 is 0 Å². The molecule has 0 spiro atoms. The molecule has 130 valence electrons. The summed E-state index contributed by atoms with van der Waals surface area (Å²) in [7, 11) is 0. The van der Waals surface area contributed by atoms with Crippen LogP contribution in [0.2, 0.25) is 0 Å². The molecule has 1 aromatic heterocycles. The van der Waals surface area contributed by atoms with Gasteiger partial charge in [0.25, 0.3) is 5.91 Å². The zero-order valence-corrected chi connectivity index (χ0v) is 12.3. The number of aliphatic carboxylic acids is 1. The predicted molar refractivity (Wildman–Crippen MR) is 77.8 cm³/mol. The highest BCUT2D eigenvalue weighted by atomic mass is 19.4. The SMILES string of the molecule is O=C(O)CCCNC(=O)c1ccc2c(c1)[nH]c(=O)n2CC(F)(F)F. The molecule has 1 heterocycles. The maximum absolute atomic E-state index is 12.5. The number of aromatic nitrogens is 2. The average Bonchev–Trinajstić information content (AvgIpc) is 2.77. The molecule has 0 aliphatic carbocycles. The fourth-order valence-electron chi connectivity index (χ4n) is 2.18. The summed E-state index contributed by atoms with van der Waals surface area (Å²) in [5.74, 6) is -1.49. The summed E-state index contributed by atoms with van der Waals surface area (Å²) in [6, 6.07) is 3.83. The van der Waals surface area contributed by atoms with Crippen LogP contribution in [0.1, 0.15) is 23.2 Å². The number of carboxylic acids is 1. The summed E-state index contributed by atoms with van der Waals surface area (Å²) in [4.78, 5) is 36.2. The minimum Gasteiger partial charge on any atom is -0.481 e. The number of aromatic amines is 1. The number of amides is 1. The second-order valence-electron chi connectivity index (χ2n) is 5.12. The molecule has 0 aliphatic heterocycles. The van der Waals surface area contributed by atoms with Crippen molar-refractivity contribution >= 4 is 22.9 Å². The van der Waals surface area contributed by atoms with Crippen molar-refractivity contribution in [2.75, 3.05) is 6.54 Å². The largest absolute Gasteiger partial charge is 0.481 e. The van der Waals surface area contributed by atoms with Gasteiger partial charge < -0.3 is 15.4 Å². The molecule has 0 saturated carbocycles. The highest BCUT2D eigenvalue weighted by Gasteiger charge is 2.29. The maximum atomic E-state index is 12.5. The number of fused-ring (bicyclic) bond motifs is 1. The van der Waals surface area contributed by atoms with Gasteiger partial charge in [0.1, 0.15) is 6.54 Å². The smallest absolute Gasteiger partial charge is 0.406 e. The molecule has 1 aromatic carbocycles. The first-order valence-electron chi connectivity index (χ1n) is 6.97. The topological polar surface area (TPSA) is 104 Å². The first-order chi connectivity index (χ1) is 11.2. The van der Waals surface area contributed by atoms with Gasteiger partial charge in [-0.15, -0.1) is 0 Å². The third-order valence-electron chi connectivity index (χ3n) is 3.23. The standard InChI is InChI=1S/C14H14F3N3O4/c15-14(16,17)7-20-10-4-3-8(6-9(10)19-13(20)24)12(23)18-5-1-2-11(21)22/h3-4,6H,1-2,5,7H2,(H,18,23)(H,19,24)(H,21,22). The monoisotopic (exact) mass is 345 g/mol. The molecular formula is C14H14F3N3O4. The second kappa shape index (κ2) is 6.77. The van der Waals surface area contributed by atoms with Crippen molar-refractivity contribution in [1.29, 1.82) is 0 Å². The van der Waals surface area contributed by atoms with Crippen LogP contribution in [0.3, 0.4) is 0 Å². The Morgan fingerprint density at radius 2 is 2.00 bits per heavy atom. The third-order valence-corrected chi connectivity index (χ3v) is 3.23. The van der Waals surface area contributed by atoms with Crippen LogP contribution in [0.15, 0.2) is 23.0 Å². The molecule has 0 unspecified atom stereocenters. The van der Waals surface area contributed by atoms with E-state index in [2.05, 4.69) is 10.3 Å². The van der Waals surface area contributed by atoms with E-state index in [1.54, 1.807) is 0 Å². The van der Waals surface area contributed by atoms with Crippen LogP contribution in [0.5, 0.6) is 0 Å². The Morgan fingerprint density at radius 3 is 2.62 bits per heavy atom. The van der Waals surface area contributed by atoms with E-state index in [1.807, 2.05) is 0 Å². The second-order valence-corrected chi connectivity index (χ2v) is 5.12. The van der Waals surface area contributed by atoms with Crippen LogP contribution in [0.4, 0.5) is 13.2 Å². The van der Waals surface area contributed by atoms with E-state index in [-0.39, 0.29) is 36.0 Å². The summed E-state index contributed by atoms with van der Waals surface area (Å²) < 4.78 is 38.0. The molecule has 10 heteroatoms. The van der Waals surface area contributed by atoms with Gasteiger partial charge in [-0.1, -0.05) is 0 Å². The van der Waals surface area contributed by atoms with Crippen molar-refractivity contribution in [2.24, 2.45) is 0 Å². The van der Waals surface area contributed by atoms with Gasteiger partial charge in [-0.05, 0) is 24.6 Å². The van der Waals surface area contributed by atoms with Gasteiger partial charge in [0.2, 0.25) is 0 Å². The Bertz CT molecular complexity index is 823. The number of carboxylic acid groups (broad SMARTS) is 1. The average molecular weight is 345 g/mol. The van der Waals surface area contributed by atoms with Gasteiger partial charge in [-0.25, -0.2) is 4.79 Å². The van der Waals surface area contributed by atoms with E-state index < -0.39 is 30.3 Å². The molecule has 0 bridgehead atoms. The Morgan fingerprint density at radius 1 is 1.29 bits per heavy atom. The highest BCUT2D eigenvalue weighted by Crippen LogP contribution is 2.20. The molecule has 0 atom stereocenters. The van der Waals surface area contributed by atoms with Gasteiger partial charge >= 0.3 is 17.8 Å². The van der Waals surface area contributed by atoms with Gasteiger partial charge in [0.05, 0.1) is 11.0 Å². The zero-order valence-electron chi connectivity index (χ0n) is 12.3. The normalized spacial score (nSPS) is 11.6. The lowest BCUT2D eigenvalue weighted by molar-refractivity contribution is -0.140. The molecular weight excluding hydrogens is 331 g/mol. The van der Waals surface area contributed by atoms with Crippen molar-refractivity contribution in [3.63, 3.8) is 0 Å². The molecule has 2 aromatic rings. The highest BCUT2D eigenvalue weighted by molar-refractivity contribution is 5.97. The van der Waals surface area contributed by atoms with Gasteiger partial charge in [-0.3, -0.25) is 14.2 Å². The zero-order chi connectivity index (χ0) is 17.9. The van der Waals surface area contributed by atoms with Crippen molar-refractivity contribution in [3.05, 3.63) is 34.2 Å². The van der Waals surface area contributed by atoms with Gasteiger partial charge in [0, 0.05) is 18.5 Å². The van der Waals surface area contributed by atoms with Gasteiger partial charge in [-0.2, -0.15) is 13.2 Å². The van der Waals surface area contributed by atoms with Crippen molar-refractivity contribution in [1.82, 2.24) is 14.9 Å². The Kier molecular flexibility index (Phi) is 4.96. The molecule has 0 saturated heterocycles. The van der Waals surface area contributed by atoms with Crippen molar-refractivity contribution in [2.45, 2.75) is 25.6 Å². The number of carbonyl (C=O) groups is 2. The molecule has 0 fully saturated rings. The van der Waals surface area contributed by atoms with Crippen molar-refractivity contribution in [3.8, 4) is 0 Å². The van der Waals surface area contributed by atoms with E-state index in [0.717, 1.165) is 0 Å². The number of benzene rings is 1. The summed E-state index contributed by atoms with van der Waals surface area (Å²) in [6.45, 7) is -1.28. The Hall–Kier alpha value is -2.78. The van der Waals surface area contributed by atoms with Crippen LogP contribution in [0, 0.1) is 0 Å². The lowest BCUT2D eigenvalue weighted by Crippen LogP contribution is -2.26. The number of nitrogens with zero attached hydrogens (tertiary/aromatic N) is 1. The Labute approximate surface area is 133 Å². The minimum atomic E-state index is -4.54. The maximum Gasteiger partial charge on any atom is 0.406 e. The molecule has 0 aliphatic rings. The number of nitrogens with one attached hydrogen (secondary N) is 2. The third kappa shape index (κ3) is 4.37. The number of alkyl halides is 3. The van der Waals surface area contributed by atoms with Crippen LogP contribution < -0.4 is 11.0 Å². The van der Waals surface area contributed by atoms with Gasteiger partial charge in [0.15, 0.2) is 0 Å². The number of hydrogen-bond donors (Lipinski definition) is 3. The quantitative estimate of drug-likeness (QED) is 0.690. The fourth-order valence-corrected chi connectivity index (χ4v) is 2.18. The van der Waals surface area contributed by atoms with Crippen LogP contribution >= 0.6 is 0 Å². The summed E-state index contributed by atoms with van der Waals surface area (Å²) in [6.07, 6.45) is -4.38. The lowest BCUT2D eigenvalue weighted by Gasteiger charge is -2.08. The number of imidazole rings is 1. The van der Waals surface area contributed by atoms with E-state index in [9.17, 15) is 27.6 Å². The van der Waals surface area contributed by atoms with E-state index in [4.69, 9.17) is 5.11 Å². The van der Waals surface area contributed by atoms with E-state index in [1.165, 1.54) is 18.2 Å². The number of H-pyrrole nitrogens is 1. The summed E-state index contributed by atoms with van der Waals surface area (Å²) in [5.41, 5.74) is -0.609.